The van der Waals surface area contributed by atoms with Crippen LogP contribution in [0.5, 0.6) is 0 Å². The number of carbonyl (C=O) groups excluding carboxylic acids is 1. The van der Waals surface area contributed by atoms with Crippen LogP contribution in [0.25, 0.3) is 0 Å². The van der Waals surface area contributed by atoms with Gasteiger partial charge in [0.25, 0.3) is 0 Å². The van der Waals surface area contributed by atoms with Crippen LogP contribution in [0.1, 0.15) is 24.5 Å². The molecule has 3 saturated heterocycles. The number of piperidine rings is 1. The molecule has 1 aromatic heterocycles. The summed E-state index contributed by atoms with van der Waals surface area (Å²) in [4.78, 5) is 19.7. The van der Waals surface area contributed by atoms with Gasteiger partial charge in [-0.2, -0.15) is 0 Å². The molecule has 4 rings (SSSR count). The number of nitrogens with zero attached hydrogens (tertiary/aromatic N) is 2. The molecule has 4 N–H and O–H groups in total. The zero-order valence-corrected chi connectivity index (χ0v) is 15.0. The second kappa shape index (κ2) is 8.41. The number of hydrogen-bond acceptors (Lipinski definition) is 7. The van der Waals surface area contributed by atoms with Gasteiger partial charge in [0.15, 0.2) is 0 Å². The van der Waals surface area contributed by atoms with Crippen molar-refractivity contribution in [2.75, 3.05) is 39.4 Å². The predicted octanol–water partition coefficient (Wildman–Crippen LogP) is -0.832. The molecule has 3 fully saturated rings. The lowest BCUT2D eigenvalue weighted by atomic mass is 9.96. The van der Waals surface area contributed by atoms with E-state index in [2.05, 4.69) is 31.2 Å². The maximum atomic E-state index is 13.0. The van der Waals surface area contributed by atoms with Crippen LogP contribution in [0.2, 0.25) is 0 Å². The Balaban J connectivity index is 1.53. The van der Waals surface area contributed by atoms with Crippen LogP contribution in [0, 0.1) is 0 Å². The molecule has 4 heterocycles. The molecule has 8 heteroatoms. The number of amides is 1. The third-order valence-corrected chi connectivity index (χ3v) is 5.36. The maximum Gasteiger partial charge on any atom is 0.234 e. The van der Waals surface area contributed by atoms with E-state index in [1.807, 2.05) is 18.2 Å². The molecule has 1 amide bonds. The van der Waals surface area contributed by atoms with E-state index in [0.29, 0.717) is 19.3 Å². The topological polar surface area (TPSA) is 90.6 Å². The first kappa shape index (κ1) is 17.8. The summed E-state index contributed by atoms with van der Waals surface area (Å²) < 4.78 is 5.44. The minimum atomic E-state index is -0.351. The van der Waals surface area contributed by atoms with Gasteiger partial charge in [-0.15, -0.1) is 0 Å². The third kappa shape index (κ3) is 4.05. The van der Waals surface area contributed by atoms with Crippen molar-refractivity contribution in [3.05, 3.63) is 30.1 Å². The average molecular weight is 360 g/mol. The Morgan fingerprint density at radius 3 is 2.88 bits per heavy atom. The summed E-state index contributed by atoms with van der Waals surface area (Å²) in [5.74, 6) is -0.337. The fourth-order valence-corrected chi connectivity index (χ4v) is 3.97. The molecule has 3 aliphatic rings. The first-order chi connectivity index (χ1) is 12.8. The van der Waals surface area contributed by atoms with Gasteiger partial charge < -0.3 is 15.4 Å². The lowest BCUT2D eigenvalue weighted by molar-refractivity contribution is -0.131. The molecule has 1 aromatic rings. The zero-order valence-electron chi connectivity index (χ0n) is 15.0. The Morgan fingerprint density at radius 2 is 2.15 bits per heavy atom. The number of nitrogens with one attached hydrogen (secondary N) is 4. The molecule has 8 nitrogen and oxygen atoms in total. The Morgan fingerprint density at radius 1 is 1.27 bits per heavy atom. The van der Waals surface area contributed by atoms with Crippen LogP contribution < -0.4 is 21.3 Å². The minimum Gasteiger partial charge on any atom is -0.379 e. The van der Waals surface area contributed by atoms with Crippen molar-refractivity contribution in [1.82, 2.24) is 31.2 Å². The fraction of sp³-hybridized carbons (Fsp3) is 0.667. The van der Waals surface area contributed by atoms with E-state index in [1.165, 1.54) is 0 Å². The largest absolute Gasteiger partial charge is 0.379 e. The Hall–Kier alpha value is -1.58. The van der Waals surface area contributed by atoms with E-state index >= 15 is 0 Å². The van der Waals surface area contributed by atoms with Crippen LogP contribution in [0.4, 0.5) is 0 Å². The molecule has 4 atom stereocenters. The number of carbonyl (C=O) groups is 1. The Kier molecular flexibility index (Phi) is 5.76. The molecule has 0 saturated carbocycles. The number of hydrogen-bond donors (Lipinski definition) is 4. The average Bonchev–Trinajstić information content (AvgIpc) is 2.70. The molecule has 0 aromatic carbocycles. The van der Waals surface area contributed by atoms with Crippen LogP contribution in [-0.4, -0.2) is 73.7 Å². The molecule has 3 aliphatic heterocycles. The summed E-state index contributed by atoms with van der Waals surface area (Å²) in [5, 5.41) is 13.8. The smallest absolute Gasteiger partial charge is 0.234 e. The summed E-state index contributed by atoms with van der Waals surface area (Å²) in [6, 6.07) is 6.09. The minimum absolute atomic E-state index is 0.0141. The van der Waals surface area contributed by atoms with Crippen LogP contribution in [-0.2, 0) is 9.53 Å². The van der Waals surface area contributed by atoms with Crippen molar-refractivity contribution in [2.45, 2.75) is 37.3 Å². The maximum absolute atomic E-state index is 13.0. The van der Waals surface area contributed by atoms with E-state index < -0.39 is 0 Å². The highest BCUT2D eigenvalue weighted by molar-refractivity contribution is 5.85. The molecule has 0 aliphatic carbocycles. The summed E-state index contributed by atoms with van der Waals surface area (Å²) >= 11 is 0. The number of ether oxygens (including phenoxy) is 1. The van der Waals surface area contributed by atoms with Gasteiger partial charge in [0.05, 0.1) is 25.1 Å². The van der Waals surface area contributed by atoms with Crippen molar-refractivity contribution < 1.29 is 9.53 Å². The van der Waals surface area contributed by atoms with E-state index in [-0.39, 0.29) is 24.3 Å². The van der Waals surface area contributed by atoms with Gasteiger partial charge in [-0.1, -0.05) is 6.07 Å². The van der Waals surface area contributed by atoms with Crippen LogP contribution in [0.15, 0.2) is 24.4 Å². The van der Waals surface area contributed by atoms with E-state index in [9.17, 15) is 4.79 Å². The van der Waals surface area contributed by atoms with Crippen molar-refractivity contribution in [1.29, 1.82) is 0 Å². The van der Waals surface area contributed by atoms with Crippen LogP contribution in [0.3, 0.4) is 0 Å². The number of morpholine rings is 1. The first-order valence-corrected chi connectivity index (χ1v) is 9.57. The van der Waals surface area contributed by atoms with Gasteiger partial charge in [0, 0.05) is 31.9 Å². The monoisotopic (exact) mass is 360 g/mol. The van der Waals surface area contributed by atoms with E-state index in [0.717, 1.165) is 44.7 Å². The highest BCUT2D eigenvalue weighted by Crippen LogP contribution is 2.22. The standard InChI is InChI=1S/C18H28N6O2/c25-17-15(14-5-1-2-7-20-14)16(21-13-4-3-6-19-12-13)22-18(23-17)24-8-10-26-11-9-24/h1-2,5,7,13,15-16,18-19,21-22H,3-4,6,8-12H2,(H,23,25)/t13-,15?,16?,18?/m1/s1. The molecule has 0 bridgehead atoms. The second-order valence-corrected chi connectivity index (χ2v) is 7.15. The lowest BCUT2D eigenvalue weighted by Gasteiger charge is -2.44. The SMILES string of the molecule is O=C1NC(N2CCOCC2)NC(N[C@@H]2CCCNC2)C1c1ccccn1. The summed E-state index contributed by atoms with van der Waals surface area (Å²) in [6.07, 6.45) is 3.68. The van der Waals surface area contributed by atoms with Gasteiger partial charge in [0.2, 0.25) is 5.91 Å². The zero-order chi connectivity index (χ0) is 17.8. The first-order valence-electron chi connectivity index (χ1n) is 9.57. The van der Waals surface area contributed by atoms with Crippen molar-refractivity contribution in [3.8, 4) is 0 Å². The predicted molar refractivity (Wildman–Crippen MR) is 97.3 cm³/mol. The van der Waals surface area contributed by atoms with Crippen molar-refractivity contribution in [2.24, 2.45) is 0 Å². The fourth-order valence-electron chi connectivity index (χ4n) is 3.97. The quantitative estimate of drug-likeness (QED) is 0.557. The van der Waals surface area contributed by atoms with Crippen molar-refractivity contribution in [3.63, 3.8) is 0 Å². The molecule has 142 valence electrons. The molecule has 3 unspecified atom stereocenters. The number of pyridine rings is 1. The summed E-state index contributed by atoms with van der Waals surface area (Å²) in [5.41, 5.74) is 0.791. The van der Waals surface area contributed by atoms with Crippen molar-refractivity contribution >= 4 is 5.91 Å². The normalized spacial score (nSPS) is 33.6. The van der Waals surface area contributed by atoms with Gasteiger partial charge >= 0.3 is 0 Å². The van der Waals surface area contributed by atoms with Gasteiger partial charge in [-0.3, -0.25) is 25.3 Å². The van der Waals surface area contributed by atoms with Gasteiger partial charge in [-0.05, 0) is 31.5 Å². The Labute approximate surface area is 154 Å². The van der Waals surface area contributed by atoms with Crippen LogP contribution >= 0.6 is 0 Å². The lowest BCUT2D eigenvalue weighted by Crippen LogP contribution is -2.71. The van der Waals surface area contributed by atoms with E-state index in [4.69, 9.17) is 4.74 Å². The molecule has 0 spiro atoms. The summed E-state index contributed by atoms with van der Waals surface area (Å²) in [7, 11) is 0. The molecular weight excluding hydrogens is 332 g/mol. The van der Waals surface area contributed by atoms with E-state index in [1.54, 1.807) is 6.20 Å². The number of rotatable bonds is 4. The third-order valence-electron chi connectivity index (χ3n) is 5.36. The van der Waals surface area contributed by atoms with Gasteiger partial charge in [-0.25, -0.2) is 0 Å². The summed E-state index contributed by atoms with van der Waals surface area (Å²) in [6.45, 7) is 5.01. The molecule has 26 heavy (non-hydrogen) atoms. The second-order valence-electron chi connectivity index (χ2n) is 7.15. The number of aromatic nitrogens is 1. The molecular formula is C18H28N6O2. The Bertz CT molecular complexity index is 589. The molecule has 0 radical (unpaired) electrons. The highest BCUT2D eigenvalue weighted by Gasteiger charge is 2.40. The highest BCUT2D eigenvalue weighted by atomic mass is 16.5. The van der Waals surface area contributed by atoms with Gasteiger partial charge in [0.1, 0.15) is 12.2 Å².